The van der Waals surface area contributed by atoms with Crippen molar-refractivity contribution in [1.82, 2.24) is 4.90 Å². The quantitative estimate of drug-likeness (QED) is 0.660. The fraction of sp³-hybridized carbons (Fsp3) is 0.538. The Morgan fingerprint density at radius 2 is 2.40 bits per heavy atom. The molecule has 1 aliphatic rings. The molecule has 0 spiro atoms. The van der Waals surface area contributed by atoms with Crippen LogP contribution in [-0.2, 0) is 4.74 Å². The summed E-state index contributed by atoms with van der Waals surface area (Å²) in [6, 6.07) is 3.38. The van der Waals surface area contributed by atoms with Crippen LogP contribution in [0.15, 0.2) is 18.2 Å². The van der Waals surface area contributed by atoms with Crippen LogP contribution in [0.3, 0.4) is 0 Å². The molecule has 1 aromatic rings. The lowest BCUT2D eigenvalue weighted by Gasteiger charge is -2.32. The normalized spacial score (nSPS) is 19.8. The highest BCUT2D eigenvalue weighted by Crippen LogP contribution is 2.25. The molecule has 0 aliphatic carbocycles. The third-order valence-corrected chi connectivity index (χ3v) is 3.35. The zero-order chi connectivity index (χ0) is 14.5. The van der Waals surface area contributed by atoms with Gasteiger partial charge in [-0.25, -0.2) is 4.39 Å². The number of nitrogens with zero attached hydrogens (tertiary/aromatic N) is 2. The van der Waals surface area contributed by atoms with E-state index in [4.69, 9.17) is 4.74 Å². The lowest BCUT2D eigenvalue weighted by molar-refractivity contribution is -0.384. The van der Waals surface area contributed by atoms with E-state index in [1.165, 1.54) is 0 Å². The second kappa shape index (κ2) is 6.62. The molecule has 0 aromatic heterocycles. The molecule has 2 rings (SSSR count). The standard InChI is InChI=1S/C13H18FN3O3/c1-2-16-5-6-20-11(9-16)8-15-12-7-10(14)3-4-13(12)17(18)19/h3-4,7,11,15H,2,5-6,8-9H2,1H3. The number of nitrogens with one attached hydrogen (secondary N) is 1. The van der Waals surface area contributed by atoms with Crippen molar-refractivity contribution in [3.8, 4) is 0 Å². The first kappa shape index (κ1) is 14.7. The Balaban J connectivity index is 1.99. The highest BCUT2D eigenvalue weighted by Gasteiger charge is 2.21. The zero-order valence-electron chi connectivity index (χ0n) is 11.3. The Bertz CT molecular complexity index is 484. The molecule has 0 amide bonds. The Labute approximate surface area is 116 Å². The maximum atomic E-state index is 13.2. The van der Waals surface area contributed by atoms with Gasteiger partial charge >= 0.3 is 0 Å². The molecule has 110 valence electrons. The summed E-state index contributed by atoms with van der Waals surface area (Å²) in [5.41, 5.74) is 0.0572. The van der Waals surface area contributed by atoms with Crippen molar-refractivity contribution < 1.29 is 14.1 Å². The molecule has 1 N–H and O–H groups in total. The van der Waals surface area contributed by atoms with E-state index in [0.29, 0.717) is 13.2 Å². The van der Waals surface area contributed by atoms with Crippen molar-refractivity contribution in [3.05, 3.63) is 34.1 Å². The molecule has 1 aliphatic heterocycles. The molecule has 1 unspecified atom stereocenters. The van der Waals surface area contributed by atoms with Gasteiger partial charge in [0.15, 0.2) is 0 Å². The molecule has 7 heteroatoms. The first-order chi connectivity index (χ1) is 9.60. The average molecular weight is 283 g/mol. The van der Waals surface area contributed by atoms with E-state index in [-0.39, 0.29) is 17.5 Å². The van der Waals surface area contributed by atoms with Gasteiger partial charge in [0.1, 0.15) is 11.5 Å². The molecule has 1 heterocycles. The molecule has 1 saturated heterocycles. The predicted molar refractivity (Wildman–Crippen MR) is 73.4 cm³/mol. The molecule has 20 heavy (non-hydrogen) atoms. The lowest BCUT2D eigenvalue weighted by Crippen LogP contribution is -2.45. The number of likely N-dealkylation sites (N-methyl/N-ethyl adjacent to an activating group) is 1. The largest absolute Gasteiger partial charge is 0.377 e. The molecular weight excluding hydrogens is 265 g/mol. The van der Waals surface area contributed by atoms with Crippen LogP contribution in [0.1, 0.15) is 6.92 Å². The Hall–Kier alpha value is -1.73. The van der Waals surface area contributed by atoms with Crippen LogP contribution < -0.4 is 5.32 Å². The minimum Gasteiger partial charge on any atom is -0.377 e. The zero-order valence-corrected chi connectivity index (χ0v) is 11.3. The maximum absolute atomic E-state index is 13.2. The van der Waals surface area contributed by atoms with Gasteiger partial charge in [-0.15, -0.1) is 0 Å². The Morgan fingerprint density at radius 1 is 1.60 bits per heavy atom. The number of benzene rings is 1. The van der Waals surface area contributed by atoms with Crippen molar-refractivity contribution >= 4 is 11.4 Å². The predicted octanol–water partition coefficient (Wildman–Crippen LogP) is 1.87. The second-order valence-corrected chi connectivity index (χ2v) is 4.69. The number of ether oxygens (including phenoxy) is 1. The summed E-state index contributed by atoms with van der Waals surface area (Å²) in [6.45, 7) is 5.75. The molecule has 6 nitrogen and oxygen atoms in total. The van der Waals surface area contributed by atoms with E-state index in [1.807, 2.05) is 0 Å². The molecule has 1 aromatic carbocycles. The number of morpholine rings is 1. The van der Waals surface area contributed by atoms with Crippen LogP contribution in [0.5, 0.6) is 0 Å². The van der Waals surface area contributed by atoms with Gasteiger partial charge in [-0.3, -0.25) is 15.0 Å². The average Bonchev–Trinajstić information content (AvgIpc) is 2.45. The SMILES string of the molecule is CCN1CCOC(CNc2cc(F)ccc2[N+](=O)[O-])C1. The van der Waals surface area contributed by atoms with Gasteiger partial charge in [0.2, 0.25) is 0 Å². The van der Waals surface area contributed by atoms with Gasteiger partial charge in [-0.1, -0.05) is 6.92 Å². The minimum absolute atomic E-state index is 0.0495. The van der Waals surface area contributed by atoms with E-state index < -0.39 is 10.7 Å². The summed E-state index contributed by atoms with van der Waals surface area (Å²) in [4.78, 5) is 12.6. The minimum atomic E-state index is -0.526. The molecule has 1 fully saturated rings. The van der Waals surface area contributed by atoms with Crippen LogP contribution in [-0.4, -0.2) is 48.7 Å². The molecular formula is C13H18FN3O3. The third-order valence-electron chi connectivity index (χ3n) is 3.35. The summed E-state index contributed by atoms with van der Waals surface area (Å²) >= 11 is 0. The van der Waals surface area contributed by atoms with E-state index in [1.54, 1.807) is 0 Å². The van der Waals surface area contributed by atoms with Crippen LogP contribution in [0, 0.1) is 15.9 Å². The van der Waals surface area contributed by atoms with Gasteiger partial charge in [0, 0.05) is 31.8 Å². The van der Waals surface area contributed by atoms with Crippen LogP contribution in [0.25, 0.3) is 0 Å². The molecule has 0 radical (unpaired) electrons. The first-order valence-electron chi connectivity index (χ1n) is 6.62. The summed E-state index contributed by atoms with van der Waals surface area (Å²) in [5.74, 6) is -0.502. The molecule has 0 bridgehead atoms. The number of hydrogen-bond acceptors (Lipinski definition) is 5. The van der Waals surface area contributed by atoms with Gasteiger partial charge in [0.05, 0.1) is 17.6 Å². The van der Waals surface area contributed by atoms with E-state index in [2.05, 4.69) is 17.1 Å². The van der Waals surface area contributed by atoms with Gasteiger partial charge in [-0.05, 0) is 12.6 Å². The number of hydrogen-bond donors (Lipinski definition) is 1. The van der Waals surface area contributed by atoms with Crippen molar-refractivity contribution in [2.45, 2.75) is 13.0 Å². The fourth-order valence-corrected chi connectivity index (χ4v) is 2.22. The van der Waals surface area contributed by atoms with Crippen LogP contribution >= 0.6 is 0 Å². The number of nitro benzene ring substituents is 1. The van der Waals surface area contributed by atoms with Crippen molar-refractivity contribution in [3.63, 3.8) is 0 Å². The topological polar surface area (TPSA) is 67.6 Å². The van der Waals surface area contributed by atoms with E-state index in [9.17, 15) is 14.5 Å². The smallest absolute Gasteiger partial charge is 0.292 e. The number of rotatable bonds is 5. The summed E-state index contributed by atoms with van der Waals surface area (Å²) in [7, 11) is 0. The van der Waals surface area contributed by atoms with E-state index >= 15 is 0 Å². The Kier molecular flexibility index (Phi) is 4.86. The highest BCUT2D eigenvalue weighted by atomic mass is 19.1. The number of anilines is 1. The maximum Gasteiger partial charge on any atom is 0.292 e. The summed E-state index contributed by atoms with van der Waals surface area (Å²) in [5, 5.41) is 13.8. The van der Waals surface area contributed by atoms with Gasteiger partial charge in [0.25, 0.3) is 5.69 Å². The lowest BCUT2D eigenvalue weighted by atomic mass is 10.2. The summed E-state index contributed by atoms with van der Waals surface area (Å²) < 4.78 is 18.8. The number of nitro groups is 1. The van der Waals surface area contributed by atoms with Gasteiger partial charge in [-0.2, -0.15) is 0 Å². The van der Waals surface area contributed by atoms with Crippen LogP contribution in [0.4, 0.5) is 15.8 Å². The highest BCUT2D eigenvalue weighted by molar-refractivity contribution is 5.61. The van der Waals surface area contributed by atoms with Crippen molar-refractivity contribution in [1.29, 1.82) is 0 Å². The molecule has 1 atom stereocenters. The molecule has 0 saturated carbocycles. The third kappa shape index (κ3) is 3.64. The number of halogens is 1. The summed E-state index contributed by atoms with van der Waals surface area (Å²) in [6.07, 6.45) is -0.0495. The van der Waals surface area contributed by atoms with Crippen molar-refractivity contribution in [2.24, 2.45) is 0 Å². The van der Waals surface area contributed by atoms with Gasteiger partial charge < -0.3 is 10.1 Å². The van der Waals surface area contributed by atoms with Crippen LogP contribution in [0.2, 0.25) is 0 Å². The fourth-order valence-electron chi connectivity index (χ4n) is 2.22. The Morgan fingerprint density at radius 3 is 3.10 bits per heavy atom. The van der Waals surface area contributed by atoms with Crippen molar-refractivity contribution in [2.75, 3.05) is 38.1 Å². The van der Waals surface area contributed by atoms with E-state index in [0.717, 1.165) is 37.8 Å². The first-order valence-corrected chi connectivity index (χ1v) is 6.62. The second-order valence-electron chi connectivity index (χ2n) is 4.69. The monoisotopic (exact) mass is 283 g/mol.